The Balaban J connectivity index is 1.67. The Bertz CT molecular complexity index is 323. The number of hydrogen-bond donors (Lipinski definition) is 2. The van der Waals surface area contributed by atoms with Crippen molar-refractivity contribution in [3.8, 4) is 5.75 Å². The standard InChI is InChI=1S/C13H19NO2/c15-10-11-4-1-2-5-13(11)16-9-3-8-14-12-6-7-12/h1-2,4-5,12,14-15H,3,6-10H2. The molecule has 3 heteroatoms. The third-order valence-electron chi connectivity index (χ3n) is 2.73. The summed E-state index contributed by atoms with van der Waals surface area (Å²) in [5, 5.41) is 12.6. The molecule has 0 aliphatic heterocycles. The summed E-state index contributed by atoms with van der Waals surface area (Å²) in [6.45, 7) is 1.76. The number of rotatable bonds is 7. The SMILES string of the molecule is OCc1ccccc1OCCCNC1CC1. The Kier molecular flexibility index (Phi) is 4.19. The average molecular weight is 221 g/mol. The van der Waals surface area contributed by atoms with Gasteiger partial charge in [-0.2, -0.15) is 0 Å². The molecular formula is C13H19NO2. The second-order valence-corrected chi connectivity index (χ2v) is 4.20. The minimum absolute atomic E-state index is 0.0382. The summed E-state index contributed by atoms with van der Waals surface area (Å²) >= 11 is 0. The summed E-state index contributed by atoms with van der Waals surface area (Å²) < 4.78 is 5.63. The van der Waals surface area contributed by atoms with E-state index in [9.17, 15) is 0 Å². The molecule has 0 amide bonds. The van der Waals surface area contributed by atoms with E-state index in [1.807, 2.05) is 24.3 Å². The monoisotopic (exact) mass is 221 g/mol. The smallest absolute Gasteiger partial charge is 0.124 e. The quantitative estimate of drug-likeness (QED) is 0.689. The molecule has 0 atom stereocenters. The number of benzene rings is 1. The van der Waals surface area contributed by atoms with Crippen LogP contribution in [-0.2, 0) is 6.61 Å². The van der Waals surface area contributed by atoms with Crippen LogP contribution in [-0.4, -0.2) is 24.3 Å². The van der Waals surface area contributed by atoms with Gasteiger partial charge in [0.15, 0.2) is 0 Å². The van der Waals surface area contributed by atoms with Crippen molar-refractivity contribution >= 4 is 0 Å². The molecule has 3 nitrogen and oxygen atoms in total. The first-order chi connectivity index (χ1) is 7.90. The van der Waals surface area contributed by atoms with Crippen LogP contribution < -0.4 is 10.1 Å². The molecule has 0 radical (unpaired) electrons. The van der Waals surface area contributed by atoms with Crippen molar-refractivity contribution in [2.45, 2.75) is 31.9 Å². The highest BCUT2D eigenvalue weighted by Gasteiger charge is 2.19. The largest absolute Gasteiger partial charge is 0.493 e. The zero-order valence-electron chi connectivity index (χ0n) is 9.48. The first-order valence-electron chi connectivity index (χ1n) is 5.95. The van der Waals surface area contributed by atoms with Gasteiger partial charge in [0, 0.05) is 11.6 Å². The molecule has 1 aliphatic carbocycles. The molecule has 1 aliphatic rings. The Morgan fingerprint density at radius 1 is 1.31 bits per heavy atom. The van der Waals surface area contributed by atoms with Crippen molar-refractivity contribution in [2.24, 2.45) is 0 Å². The summed E-state index contributed by atoms with van der Waals surface area (Å²) in [7, 11) is 0. The molecule has 1 saturated carbocycles. The van der Waals surface area contributed by atoms with Crippen LogP contribution in [0.3, 0.4) is 0 Å². The molecule has 0 spiro atoms. The van der Waals surface area contributed by atoms with Gasteiger partial charge >= 0.3 is 0 Å². The van der Waals surface area contributed by atoms with E-state index >= 15 is 0 Å². The maximum Gasteiger partial charge on any atom is 0.124 e. The predicted octanol–water partition coefficient (Wildman–Crippen LogP) is 1.70. The van der Waals surface area contributed by atoms with Crippen LogP contribution in [0.4, 0.5) is 0 Å². The minimum atomic E-state index is 0.0382. The molecule has 0 heterocycles. The second-order valence-electron chi connectivity index (χ2n) is 4.20. The Hall–Kier alpha value is -1.06. The number of aliphatic hydroxyl groups is 1. The Morgan fingerprint density at radius 2 is 2.12 bits per heavy atom. The van der Waals surface area contributed by atoms with Crippen LogP contribution in [0.2, 0.25) is 0 Å². The van der Waals surface area contributed by atoms with E-state index in [2.05, 4.69) is 5.32 Å². The number of nitrogens with one attached hydrogen (secondary N) is 1. The highest BCUT2D eigenvalue weighted by molar-refractivity contribution is 5.32. The van der Waals surface area contributed by atoms with Crippen LogP contribution in [0.25, 0.3) is 0 Å². The lowest BCUT2D eigenvalue weighted by Gasteiger charge is -2.09. The fraction of sp³-hybridized carbons (Fsp3) is 0.538. The summed E-state index contributed by atoms with van der Waals surface area (Å²) in [4.78, 5) is 0. The van der Waals surface area contributed by atoms with E-state index in [1.54, 1.807) is 0 Å². The molecular weight excluding hydrogens is 202 g/mol. The van der Waals surface area contributed by atoms with Crippen LogP contribution in [0, 0.1) is 0 Å². The summed E-state index contributed by atoms with van der Waals surface area (Å²) in [5.41, 5.74) is 0.859. The molecule has 0 unspecified atom stereocenters. The van der Waals surface area contributed by atoms with Gasteiger partial charge in [0.2, 0.25) is 0 Å². The van der Waals surface area contributed by atoms with Gasteiger partial charge in [-0.15, -0.1) is 0 Å². The zero-order valence-corrected chi connectivity index (χ0v) is 9.48. The second kappa shape index (κ2) is 5.87. The lowest BCUT2D eigenvalue weighted by Crippen LogP contribution is -2.19. The average Bonchev–Trinajstić information content (AvgIpc) is 3.13. The summed E-state index contributed by atoms with van der Waals surface area (Å²) in [6, 6.07) is 8.39. The van der Waals surface area contributed by atoms with Crippen molar-refractivity contribution in [2.75, 3.05) is 13.2 Å². The van der Waals surface area contributed by atoms with Gasteiger partial charge in [0.1, 0.15) is 5.75 Å². The fourth-order valence-electron chi connectivity index (χ4n) is 1.62. The van der Waals surface area contributed by atoms with Crippen molar-refractivity contribution in [3.05, 3.63) is 29.8 Å². The lowest BCUT2D eigenvalue weighted by atomic mass is 10.2. The Labute approximate surface area is 96.4 Å². The first kappa shape index (κ1) is 11.4. The minimum Gasteiger partial charge on any atom is -0.493 e. The Morgan fingerprint density at radius 3 is 2.88 bits per heavy atom. The molecule has 1 aromatic rings. The third kappa shape index (κ3) is 3.51. The van der Waals surface area contributed by atoms with Gasteiger partial charge in [-0.1, -0.05) is 18.2 Å². The van der Waals surface area contributed by atoms with Crippen molar-refractivity contribution in [1.82, 2.24) is 5.32 Å². The van der Waals surface area contributed by atoms with Crippen molar-refractivity contribution in [3.63, 3.8) is 0 Å². The van der Waals surface area contributed by atoms with Gasteiger partial charge in [0.05, 0.1) is 13.2 Å². The van der Waals surface area contributed by atoms with Crippen LogP contribution >= 0.6 is 0 Å². The lowest BCUT2D eigenvalue weighted by molar-refractivity contribution is 0.261. The molecule has 88 valence electrons. The molecule has 0 saturated heterocycles. The molecule has 0 aromatic heterocycles. The normalized spacial score (nSPS) is 15.1. The summed E-state index contributed by atoms with van der Waals surface area (Å²) in [6.07, 6.45) is 3.67. The number of aliphatic hydroxyl groups excluding tert-OH is 1. The van der Waals surface area contributed by atoms with E-state index in [0.29, 0.717) is 6.61 Å². The van der Waals surface area contributed by atoms with Crippen LogP contribution in [0.5, 0.6) is 5.75 Å². The highest BCUT2D eigenvalue weighted by atomic mass is 16.5. The topological polar surface area (TPSA) is 41.5 Å². The van der Waals surface area contributed by atoms with E-state index in [4.69, 9.17) is 9.84 Å². The first-order valence-corrected chi connectivity index (χ1v) is 5.95. The number of para-hydroxylation sites is 1. The maximum atomic E-state index is 9.11. The van der Waals surface area contributed by atoms with Gasteiger partial charge < -0.3 is 15.2 Å². The molecule has 2 rings (SSSR count). The fourth-order valence-corrected chi connectivity index (χ4v) is 1.62. The zero-order chi connectivity index (χ0) is 11.2. The molecule has 1 aromatic carbocycles. The predicted molar refractivity (Wildman–Crippen MR) is 63.5 cm³/mol. The van der Waals surface area contributed by atoms with Crippen LogP contribution in [0.1, 0.15) is 24.8 Å². The highest BCUT2D eigenvalue weighted by Crippen LogP contribution is 2.19. The summed E-state index contributed by atoms with van der Waals surface area (Å²) in [5.74, 6) is 0.802. The molecule has 2 N–H and O–H groups in total. The maximum absolute atomic E-state index is 9.11. The van der Waals surface area contributed by atoms with Crippen molar-refractivity contribution < 1.29 is 9.84 Å². The van der Waals surface area contributed by atoms with Gasteiger partial charge in [-0.05, 0) is 31.9 Å². The third-order valence-corrected chi connectivity index (χ3v) is 2.73. The van der Waals surface area contributed by atoms with Crippen molar-refractivity contribution in [1.29, 1.82) is 0 Å². The van der Waals surface area contributed by atoms with Gasteiger partial charge in [-0.3, -0.25) is 0 Å². The van der Waals surface area contributed by atoms with Gasteiger partial charge in [-0.25, -0.2) is 0 Å². The molecule has 16 heavy (non-hydrogen) atoms. The van der Waals surface area contributed by atoms with E-state index in [-0.39, 0.29) is 6.61 Å². The number of ether oxygens (including phenoxy) is 1. The van der Waals surface area contributed by atoms with E-state index in [0.717, 1.165) is 30.3 Å². The van der Waals surface area contributed by atoms with E-state index in [1.165, 1.54) is 12.8 Å². The van der Waals surface area contributed by atoms with E-state index < -0.39 is 0 Å². The van der Waals surface area contributed by atoms with Gasteiger partial charge in [0.25, 0.3) is 0 Å². The van der Waals surface area contributed by atoms with Crippen LogP contribution in [0.15, 0.2) is 24.3 Å². The molecule has 0 bridgehead atoms. The molecule has 1 fully saturated rings. The number of hydrogen-bond acceptors (Lipinski definition) is 3.